The molecule has 0 aromatic rings. The molecule has 0 amide bonds. The number of esters is 2. The van der Waals surface area contributed by atoms with Gasteiger partial charge in [-0.1, -0.05) is 20.8 Å². The van der Waals surface area contributed by atoms with Crippen LogP contribution in [0.4, 0.5) is 0 Å². The van der Waals surface area contributed by atoms with E-state index < -0.39 is 11.9 Å². The van der Waals surface area contributed by atoms with E-state index in [1.807, 2.05) is 20.8 Å². The summed E-state index contributed by atoms with van der Waals surface area (Å²) in [4.78, 5) is 23.8. The smallest absolute Gasteiger partial charge is 0.309 e. The van der Waals surface area contributed by atoms with Crippen molar-refractivity contribution >= 4 is 11.9 Å². The van der Waals surface area contributed by atoms with Crippen LogP contribution in [0.1, 0.15) is 46.5 Å². The van der Waals surface area contributed by atoms with Crippen molar-refractivity contribution < 1.29 is 28.5 Å². The summed E-state index contributed by atoms with van der Waals surface area (Å²) in [5, 5.41) is 0. The van der Waals surface area contributed by atoms with Crippen LogP contribution < -0.4 is 0 Å². The molecule has 130 valence electrons. The van der Waals surface area contributed by atoms with E-state index in [2.05, 4.69) is 0 Å². The second-order valence-electron chi connectivity index (χ2n) is 5.15. The van der Waals surface area contributed by atoms with Crippen LogP contribution >= 0.6 is 0 Å². The van der Waals surface area contributed by atoms with Crippen LogP contribution in [-0.2, 0) is 28.5 Å². The quantitative estimate of drug-likeness (QED) is 0.514. The highest BCUT2D eigenvalue weighted by Crippen LogP contribution is 2.13. The molecule has 0 heterocycles. The minimum Gasteiger partial charge on any atom is -0.463 e. The highest BCUT2D eigenvalue weighted by Gasteiger charge is 2.23. The number of carbonyl (C=O) groups excluding carboxylic acids is 2. The van der Waals surface area contributed by atoms with Crippen LogP contribution in [0.3, 0.4) is 0 Å². The Morgan fingerprint density at radius 3 is 1.73 bits per heavy atom. The van der Waals surface area contributed by atoms with Crippen LogP contribution in [0.15, 0.2) is 0 Å². The molecule has 6 heteroatoms. The first-order chi connectivity index (χ1) is 10.5. The Labute approximate surface area is 133 Å². The SMILES string of the molecule is CCC(COC(=O)CC(CC)C(=O)OCC(CC)OC)OC. The van der Waals surface area contributed by atoms with Crippen LogP contribution in [0.5, 0.6) is 0 Å². The Kier molecular flexibility index (Phi) is 11.8. The maximum absolute atomic E-state index is 12.0. The van der Waals surface area contributed by atoms with Gasteiger partial charge in [0.2, 0.25) is 0 Å². The van der Waals surface area contributed by atoms with Gasteiger partial charge in [-0.25, -0.2) is 0 Å². The number of rotatable bonds is 12. The monoisotopic (exact) mass is 318 g/mol. The standard InChI is InChI=1S/C16H30O6/c1-6-12(16(18)22-11-14(8-3)20-5)9-15(17)21-10-13(7-2)19-4/h12-14H,6-11H2,1-5H3. The molecule has 0 aromatic heterocycles. The van der Waals surface area contributed by atoms with Crippen molar-refractivity contribution in [1.29, 1.82) is 0 Å². The normalized spacial score (nSPS) is 15.0. The molecule has 3 unspecified atom stereocenters. The van der Waals surface area contributed by atoms with E-state index in [4.69, 9.17) is 18.9 Å². The molecular weight excluding hydrogens is 288 g/mol. The summed E-state index contributed by atoms with van der Waals surface area (Å²) in [5.74, 6) is -1.27. The summed E-state index contributed by atoms with van der Waals surface area (Å²) < 4.78 is 20.6. The number of hydrogen-bond acceptors (Lipinski definition) is 6. The lowest BCUT2D eigenvalue weighted by molar-refractivity contribution is -0.159. The topological polar surface area (TPSA) is 71.1 Å². The summed E-state index contributed by atoms with van der Waals surface area (Å²) in [6, 6.07) is 0. The second-order valence-corrected chi connectivity index (χ2v) is 5.15. The minimum atomic E-state index is -0.482. The third-order valence-corrected chi connectivity index (χ3v) is 3.66. The van der Waals surface area contributed by atoms with Crippen molar-refractivity contribution in [2.45, 2.75) is 58.7 Å². The van der Waals surface area contributed by atoms with Crippen molar-refractivity contribution in [3.05, 3.63) is 0 Å². The largest absolute Gasteiger partial charge is 0.463 e. The summed E-state index contributed by atoms with van der Waals surface area (Å²) in [7, 11) is 3.16. The summed E-state index contributed by atoms with van der Waals surface area (Å²) in [6.45, 7) is 6.17. The lowest BCUT2D eigenvalue weighted by atomic mass is 10.0. The zero-order chi connectivity index (χ0) is 17.0. The van der Waals surface area contributed by atoms with Crippen LogP contribution in [-0.4, -0.2) is 51.6 Å². The molecule has 0 saturated heterocycles. The maximum atomic E-state index is 12.0. The van der Waals surface area contributed by atoms with Crippen molar-refractivity contribution in [2.75, 3.05) is 27.4 Å². The van der Waals surface area contributed by atoms with Gasteiger partial charge in [-0.3, -0.25) is 9.59 Å². The third kappa shape index (κ3) is 8.34. The first kappa shape index (κ1) is 20.9. The van der Waals surface area contributed by atoms with Gasteiger partial charge < -0.3 is 18.9 Å². The van der Waals surface area contributed by atoms with E-state index in [0.717, 1.165) is 12.8 Å². The van der Waals surface area contributed by atoms with Gasteiger partial charge in [0, 0.05) is 14.2 Å². The Hall–Kier alpha value is -1.14. The maximum Gasteiger partial charge on any atom is 0.309 e. The van der Waals surface area contributed by atoms with E-state index in [9.17, 15) is 9.59 Å². The molecule has 0 fully saturated rings. The van der Waals surface area contributed by atoms with E-state index in [-0.39, 0.29) is 37.8 Å². The van der Waals surface area contributed by atoms with Gasteiger partial charge in [-0.2, -0.15) is 0 Å². The van der Waals surface area contributed by atoms with Crippen molar-refractivity contribution in [3.63, 3.8) is 0 Å². The third-order valence-electron chi connectivity index (χ3n) is 3.66. The molecule has 0 radical (unpaired) electrons. The van der Waals surface area contributed by atoms with Gasteiger partial charge in [0.05, 0.1) is 24.5 Å². The van der Waals surface area contributed by atoms with Crippen LogP contribution in [0, 0.1) is 5.92 Å². The van der Waals surface area contributed by atoms with E-state index in [0.29, 0.717) is 6.42 Å². The molecule has 6 nitrogen and oxygen atoms in total. The molecule has 0 saturated carbocycles. The number of ether oxygens (including phenoxy) is 4. The summed E-state index contributed by atoms with van der Waals surface area (Å²) in [5.41, 5.74) is 0. The molecule has 3 atom stereocenters. The van der Waals surface area contributed by atoms with Crippen molar-refractivity contribution in [2.24, 2.45) is 5.92 Å². The minimum absolute atomic E-state index is 0.0270. The molecule has 0 bridgehead atoms. The van der Waals surface area contributed by atoms with E-state index in [1.54, 1.807) is 14.2 Å². The average Bonchev–Trinajstić information content (AvgIpc) is 2.54. The van der Waals surface area contributed by atoms with E-state index >= 15 is 0 Å². The fourth-order valence-electron chi connectivity index (χ4n) is 1.84. The molecule has 0 rings (SSSR count). The molecule has 0 spiro atoms. The van der Waals surface area contributed by atoms with Gasteiger partial charge >= 0.3 is 11.9 Å². The van der Waals surface area contributed by atoms with Gasteiger partial charge in [-0.05, 0) is 19.3 Å². The Morgan fingerprint density at radius 1 is 0.818 bits per heavy atom. The highest BCUT2D eigenvalue weighted by molar-refractivity contribution is 5.79. The van der Waals surface area contributed by atoms with Gasteiger partial charge in [-0.15, -0.1) is 0 Å². The zero-order valence-corrected chi connectivity index (χ0v) is 14.4. The summed E-state index contributed by atoms with van der Waals surface area (Å²) >= 11 is 0. The molecule has 22 heavy (non-hydrogen) atoms. The van der Waals surface area contributed by atoms with Crippen molar-refractivity contribution in [1.82, 2.24) is 0 Å². The average molecular weight is 318 g/mol. The number of methoxy groups -OCH3 is 2. The predicted molar refractivity (Wildman–Crippen MR) is 82.5 cm³/mol. The van der Waals surface area contributed by atoms with Crippen molar-refractivity contribution in [3.8, 4) is 0 Å². The fraction of sp³-hybridized carbons (Fsp3) is 0.875. The first-order valence-electron chi connectivity index (χ1n) is 7.89. The molecule has 0 N–H and O–H groups in total. The summed E-state index contributed by atoms with van der Waals surface area (Å²) in [6.07, 6.45) is 1.86. The fourth-order valence-corrected chi connectivity index (χ4v) is 1.84. The Bertz CT molecular complexity index is 310. The Morgan fingerprint density at radius 2 is 1.32 bits per heavy atom. The van der Waals surface area contributed by atoms with E-state index in [1.165, 1.54) is 0 Å². The lowest BCUT2D eigenvalue weighted by Crippen LogP contribution is -2.27. The number of hydrogen-bond donors (Lipinski definition) is 0. The lowest BCUT2D eigenvalue weighted by Gasteiger charge is -2.18. The Balaban J connectivity index is 4.22. The number of carbonyl (C=O) groups is 2. The predicted octanol–water partition coefficient (Wildman–Crippen LogP) is 2.34. The van der Waals surface area contributed by atoms with Crippen LogP contribution in [0.25, 0.3) is 0 Å². The second kappa shape index (κ2) is 12.4. The molecular formula is C16H30O6. The van der Waals surface area contributed by atoms with Gasteiger partial charge in [0.1, 0.15) is 13.2 Å². The highest BCUT2D eigenvalue weighted by atomic mass is 16.6. The zero-order valence-electron chi connectivity index (χ0n) is 14.4. The molecule has 0 aliphatic rings. The first-order valence-corrected chi connectivity index (χ1v) is 7.89. The van der Waals surface area contributed by atoms with Gasteiger partial charge in [0.15, 0.2) is 0 Å². The van der Waals surface area contributed by atoms with Gasteiger partial charge in [0.25, 0.3) is 0 Å². The molecule has 0 aromatic carbocycles. The molecule has 0 aliphatic carbocycles. The molecule has 0 aliphatic heterocycles. The van der Waals surface area contributed by atoms with Crippen LogP contribution in [0.2, 0.25) is 0 Å².